The lowest BCUT2D eigenvalue weighted by atomic mass is 10.3. The van der Waals surface area contributed by atoms with Gasteiger partial charge in [0.2, 0.25) is 0 Å². The maximum Gasteiger partial charge on any atom is 0.379 e. The molecule has 0 aromatic heterocycles. The van der Waals surface area contributed by atoms with Crippen LogP contribution in [-0.2, 0) is 23.8 Å². The lowest BCUT2D eigenvalue weighted by molar-refractivity contribution is -0.242. The molecule has 0 N–H and O–H groups in total. The van der Waals surface area contributed by atoms with Crippen LogP contribution in [0.2, 0.25) is 0 Å². The molecule has 19 heavy (non-hydrogen) atoms. The highest BCUT2D eigenvalue weighted by Gasteiger charge is 2.42. The van der Waals surface area contributed by atoms with Crippen LogP contribution in [0, 0.1) is 0 Å². The Balaban J connectivity index is 4.89. The van der Waals surface area contributed by atoms with Crippen LogP contribution < -0.4 is 0 Å². The number of halogens is 2. The summed E-state index contributed by atoms with van der Waals surface area (Å²) in [5, 5.41) is -3.50. The SMILES string of the molecule is C=CCOC(=O)C(C)(OCC(F)(F)S)OC(=O)C=C. The summed E-state index contributed by atoms with van der Waals surface area (Å²) in [5.74, 6) is -4.50. The molecule has 1 atom stereocenters. The third kappa shape index (κ3) is 6.92. The van der Waals surface area contributed by atoms with E-state index in [1.54, 1.807) is 0 Å². The molecule has 0 aliphatic heterocycles. The minimum Gasteiger partial charge on any atom is -0.457 e. The Kier molecular flexibility index (Phi) is 6.71. The van der Waals surface area contributed by atoms with Gasteiger partial charge in [0.15, 0.2) is 0 Å². The average molecular weight is 296 g/mol. The van der Waals surface area contributed by atoms with Crippen molar-refractivity contribution in [3.8, 4) is 0 Å². The minimum atomic E-state index is -3.50. The van der Waals surface area contributed by atoms with Crippen LogP contribution in [0.5, 0.6) is 0 Å². The van der Waals surface area contributed by atoms with E-state index in [4.69, 9.17) is 0 Å². The highest BCUT2D eigenvalue weighted by Crippen LogP contribution is 2.23. The zero-order valence-corrected chi connectivity index (χ0v) is 11.1. The normalized spacial score (nSPS) is 14.1. The fraction of sp³-hybridized carbons (Fsp3) is 0.455. The molecule has 0 saturated carbocycles. The van der Waals surface area contributed by atoms with Crippen molar-refractivity contribution in [3.63, 3.8) is 0 Å². The summed E-state index contributed by atoms with van der Waals surface area (Å²) in [6, 6.07) is 0. The maximum atomic E-state index is 12.6. The first-order valence-electron chi connectivity index (χ1n) is 5.02. The van der Waals surface area contributed by atoms with Gasteiger partial charge in [-0.2, -0.15) is 8.78 Å². The van der Waals surface area contributed by atoms with E-state index >= 15 is 0 Å². The number of carbonyl (C=O) groups excluding carboxylic acids is 2. The average Bonchev–Trinajstić information content (AvgIpc) is 2.32. The van der Waals surface area contributed by atoms with Gasteiger partial charge in [-0.3, -0.25) is 0 Å². The van der Waals surface area contributed by atoms with Crippen molar-refractivity contribution in [3.05, 3.63) is 25.3 Å². The predicted molar refractivity (Wildman–Crippen MR) is 65.7 cm³/mol. The first kappa shape index (κ1) is 17.6. The van der Waals surface area contributed by atoms with Crippen molar-refractivity contribution in [1.82, 2.24) is 0 Å². The van der Waals surface area contributed by atoms with Crippen molar-refractivity contribution in [1.29, 1.82) is 0 Å². The van der Waals surface area contributed by atoms with Crippen molar-refractivity contribution in [2.45, 2.75) is 18.0 Å². The number of rotatable bonds is 8. The molecule has 0 bridgehead atoms. The van der Waals surface area contributed by atoms with Gasteiger partial charge in [0.1, 0.15) is 13.2 Å². The number of hydrogen-bond acceptors (Lipinski definition) is 6. The Bertz CT molecular complexity index is 367. The molecule has 0 amide bonds. The lowest BCUT2D eigenvalue weighted by Gasteiger charge is -2.27. The van der Waals surface area contributed by atoms with E-state index in [2.05, 4.69) is 40.0 Å². The molecule has 0 aromatic rings. The van der Waals surface area contributed by atoms with Gasteiger partial charge in [-0.15, -0.1) is 12.6 Å². The monoisotopic (exact) mass is 296 g/mol. The molecule has 0 rings (SSSR count). The van der Waals surface area contributed by atoms with E-state index in [1.165, 1.54) is 6.08 Å². The first-order valence-corrected chi connectivity index (χ1v) is 5.47. The standard InChI is InChI=1S/C11H14F2O5S/c1-4-6-16-9(15)10(3,18-8(14)5-2)17-7-11(12,13)19/h4-5,19H,1-2,6-7H2,3H3. The summed E-state index contributed by atoms with van der Waals surface area (Å²) in [5.41, 5.74) is 0. The molecule has 0 spiro atoms. The fourth-order valence-corrected chi connectivity index (χ4v) is 0.918. The third-order valence-electron chi connectivity index (χ3n) is 1.69. The Hall–Kier alpha value is -1.41. The molecule has 108 valence electrons. The van der Waals surface area contributed by atoms with Gasteiger partial charge >= 0.3 is 23.0 Å². The summed E-state index contributed by atoms with van der Waals surface area (Å²) >= 11 is 2.93. The van der Waals surface area contributed by atoms with Crippen molar-refractivity contribution in [2.24, 2.45) is 0 Å². The summed E-state index contributed by atoms with van der Waals surface area (Å²) in [6.07, 6.45) is 2.00. The fourth-order valence-electron chi connectivity index (χ4n) is 0.854. The highest BCUT2D eigenvalue weighted by molar-refractivity contribution is 7.81. The number of esters is 2. The summed E-state index contributed by atoms with van der Waals surface area (Å²) in [7, 11) is 0. The van der Waals surface area contributed by atoms with Gasteiger partial charge in [-0.05, 0) is 0 Å². The molecular weight excluding hydrogens is 282 g/mol. The van der Waals surface area contributed by atoms with E-state index in [0.29, 0.717) is 0 Å². The van der Waals surface area contributed by atoms with Crippen molar-refractivity contribution in [2.75, 3.05) is 13.2 Å². The van der Waals surface area contributed by atoms with E-state index in [1.807, 2.05) is 0 Å². The van der Waals surface area contributed by atoms with Gasteiger partial charge in [0, 0.05) is 13.0 Å². The number of ether oxygens (including phenoxy) is 3. The van der Waals surface area contributed by atoms with Crippen LogP contribution in [0.1, 0.15) is 6.92 Å². The second-order valence-corrected chi connectivity index (χ2v) is 4.07. The molecule has 0 aliphatic carbocycles. The van der Waals surface area contributed by atoms with Crippen LogP contribution in [0.15, 0.2) is 25.3 Å². The first-order chi connectivity index (χ1) is 8.64. The van der Waals surface area contributed by atoms with Crippen LogP contribution in [0.4, 0.5) is 8.78 Å². The van der Waals surface area contributed by atoms with Crippen LogP contribution in [-0.4, -0.2) is 36.2 Å². The highest BCUT2D eigenvalue weighted by atomic mass is 32.1. The van der Waals surface area contributed by atoms with Crippen molar-refractivity contribution >= 4 is 24.6 Å². The number of thiol groups is 1. The molecule has 0 saturated heterocycles. The Labute approximate surface area is 114 Å². The summed E-state index contributed by atoms with van der Waals surface area (Å²) in [4.78, 5) is 22.7. The quantitative estimate of drug-likeness (QED) is 0.243. The van der Waals surface area contributed by atoms with Gasteiger partial charge < -0.3 is 14.2 Å². The molecule has 0 radical (unpaired) electrons. The van der Waals surface area contributed by atoms with Crippen LogP contribution >= 0.6 is 12.6 Å². The van der Waals surface area contributed by atoms with Crippen molar-refractivity contribution < 1.29 is 32.6 Å². The smallest absolute Gasteiger partial charge is 0.379 e. The Morgan fingerprint density at radius 1 is 1.37 bits per heavy atom. The Morgan fingerprint density at radius 2 is 1.95 bits per heavy atom. The molecule has 1 unspecified atom stereocenters. The largest absolute Gasteiger partial charge is 0.457 e. The van der Waals surface area contributed by atoms with Crippen LogP contribution in [0.3, 0.4) is 0 Å². The number of alkyl halides is 2. The summed E-state index contributed by atoms with van der Waals surface area (Å²) < 4.78 is 39.0. The number of hydrogen-bond donors (Lipinski definition) is 1. The minimum absolute atomic E-state index is 0.194. The van der Waals surface area contributed by atoms with Crippen LogP contribution in [0.25, 0.3) is 0 Å². The molecule has 0 fully saturated rings. The molecule has 0 aliphatic rings. The molecule has 5 nitrogen and oxygen atoms in total. The topological polar surface area (TPSA) is 61.8 Å². The van der Waals surface area contributed by atoms with Gasteiger partial charge in [0.25, 0.3) is 0 Å². The van der Waals surface area contributed by atoms with Gasteiger partial charge in [0.05, 0.1) is 0 Å². The van der Waals surface area contributed by atoms with E-state index in [-0.39, 0.29) is 6.61 Å². The predicted octanol–water partition coefficient (Wildman–Crippen LogP) is 1.70. The van der Waals surface area contributed by atoms with E-state index < -0.39 is 29.6 Å². The Morgan fingerprint density at radius 3 is 2.37 bits per heavy atom. The maximum absolute atomic E-state index is 12.6. The van der Waals surface area contributed by atoms with E-state index in [9.17, 15) is 18.4 Å². The second-order valence-electron chi connectivity index (χ2n) is 3.41. The van der Waals surface area contributed by atoms with E-state index in [0.717, 1.165) is 13.0 Å². The number of carbonyl (C=O) groups is 2. The molecular formula is C11H14F2O5S. The lowest BCUT2D eigenvalue weighted by Crippen LogP contribution is -2.46. The summed E-state index contributed by atoms with van der Waals surface area (Å²) in [6.45, 7) is 5.94. The van der Waals surface area contributed by atoms with Gasteiger partial charge in [-0.1, -0.05) is 19.2 Å². The zero-order valence-electron chi connectivity index (χ0n) is 10.2. The molecule has 8 heteroatoms. The molecule has 0 aromatic carbocycles. The zero-order chi connectivity index (χ0) is 15.1. The van der Waals surface area contributed by atoms with Gasteiger partial charge in [-0.25, -0.2) is 9.59 Å². The second kappa shape index (κ2) is 7.25. The third-order valence-corrected chi connectivity index (χ3v) is 1.82. The molecule has 0 heterocycles.